The first-order valence-corrected chi connectivity index (χ1v) is 6.76. The maximum absolute atomic E-state index is 11.9. The van der Waals surface area contributed by atoms with Crippen molar-refractivity contribution in [3.8, 4) is 0 Å². The highest BCUT2D eigenvalue weighted by molar-refractivity contribution is 8.00. The SMILES string of the molecule is CC(CSC1CC(=O)N(C2CC2)C1=O)C(=O)O. The highest BCUT2D eigenvalue weighted by Gasteiger charge is 2.46. The van der Waals surface area contributed by atoms with E-state index in [-0.39, 0.29) is 29.5 Å². The Morgan fingerprint density at radius 2 is 2.18 bits per heavy atom. The van der Waals surface area contributed by atoms with Crippen molar-refractivity contribution < 1.29 is 19.5 Å². The molecule has 0 radical (unpaired) electrons. The van der Waals surface area contributed by atoms with Crippen LogP contribution in [0.1, 0.15) is 26.2 Å². The molecule has 2 fully saturated rings. The van der Waals surface area contributed by atoms with E-state index >= 15 is 0 Å². The first kappa shape index (κ1) is 12.4. The molecule has 1 saturated heterocycles. The minimum atomic E-state index is -0.867. The van der Waals surface area contributed by atoms with Crippen LogP contribution in [0.25, 0.3) is 0 Å². The van der Waals surface area contributed by atoms with E-state index in [1.807, 2.05) is 0 Å². The lowest BCUT2D eigenvalue weighted by molar-refractivity contribution is -0.141. The van der Waals surface area contributed by atoms with Gasteiger partial charge in [0.2, 0.25) is 11.8 Å². The van der Waals surface area contributed by atoms with Crippen LogP contribution >= 0.6 is 11.8 Å². The Bertz CT molecular complexity index is 366. The van der Waals surface area contributed by atoms with E-state index < -0.39 is 11.9 Å². The van der Waals surface area contributed by atoms with Gasteiger partial charge in [0.15, 0.2) is 0 Å². The number of hydrogen-bond acceptors (Lipinski definition) is 4. The molecule has 1 heterocycles. The second kappa shape index (κ2) is 4.68. The van der Waals surface area contributed by atoms with E-state index in [4.69, 9.17) is 5.11 Å². The molecule has 2 unspecified atom stereocenters. The van der Waals surface area contributed by atoms with E-state index in [9.17, 15) is 14.4 Å². The fourth-order valence-electron chi connectivity index (χ4n) is 1.80. The molecule has 0 spiro atoms. The van der Waals surface area contributed by atoms with Gasteiger partial charge >= 0.3 is 5.97 Å². The van der Waals surface area contributed by atoms with Crippen LogP contribution in [-0.4, -0.2) is 44.8 Å². The summed E-state index contributed by atoms with van der Waals surface area (Å²) in [6.45, 7) is 1.61. The minimum Gasteiger partial charge on any atom is -0.481 e. The summed E-state index contributed by atoms with van der Waals surface area (Å²) in [6.07, 6.45) is 2.06. The Kier molecular flexibility index (Phi) is 3.42. The summed E-state index contributed by atoms with van der Waals surface area (Å²) in [6, 6.07) is 0.123. The van der Waals surface area contributed by atoms with Crippen LogP contribution in [0.2, 0.25) is 0 Å². The third-order valence-corrected chi connectivity index (χ3v) is 4.49. The number of aliphatic carboxylic acids is 1. The standard InChI is InChI=1S/C11H15NO4S/c1-6(11(15)16)5-17-8-4-9(13)12(10(8)14)7-2-3-7/h6-8H,2-5H2,1H3,(H,15,16). The van der Waals surface area contributed by atoms with Crippen molar-refractivity contribution in [1.29, 1.82) is 0 Å². The number of carbonyl (C=O) groups excluding carboxylic acids is 2. The number of carbonyl (C=O) groups is 3. The number of rotatable bonds is 5. The highest BCUT2D eigenvalue weighted by atomic mass is 32.2. The summed E-state index contributed by atoms with van der Waals surface area (Å²) in [7, 11) is 0. The molecule has 2 atom stereocenters. The summed E-state index contributed by atoms with van der Waals surface area (Å²) >= 11 is 1.29. The molecule has 0 aromatic rings. The second-order valence-corrected chi connectivity index (χ2v) is 5.83. The lowest BCUT2D eigenvalue weighted by atomic mass is 10.2. The molecular weight excluding hydrogens is 242 g/mol. The predicted molar refractivity (Wildman–Crippen MR) is 62.5 cm³/mol. The number of nitrogens with zero attached hydrogens (tertiary/aromatic N) is 1. The van der Waals surface area contributed by atoms with E-state index in [1.165, 1.54) is 16.7 Å². The van der Waals surface area contributed by atoms with E-state index in [2.05, 4.69) is 0 Å². The molecule has 1 aliphatic heterocycles. The van der Waals surface area contributed by atoms with Crippen molar-refractivity contribution in [3.05, 3.63) is 0 Å². The van der Waals surface area contributed by atoms with Gasteiger partial charge in [-0.2, -0.15) is 0 Å². The van der Waals surface area contributed by atoms with Crippen molar-refractivity contribution in [2.75, 3.05) is 5.75 Å². The van der Waals surface area contributed by atoms with Crippen molar-refractivity contribution in [3.63, 3.8) is 0 Å². The van der Waals surface area contributed by atoms with Crippen molar-refractivity contribution in [2.45, 2.75) is 37.5 Å². The topological polar surface area (TPSA) is 74.7 Å². The molecule has 0 aromatic carbocycles. The smallest absolute Gasteiger partial charge is 0.307 e. The second-order valence-electron chi connectivity index (χ2n) is 4.60. The van der Waals surface area contributed by atoms with Crippen LogP contribution in [0.5, 0.6) is 0 Å². The number of likely N-dealkylation sites (tertiary alicyclic amines) is 1. The molecule has 6 heteroatoms. The van der Waals surface area contributed by atoms with Crippen LogP contribution in [0.3, 0.4) is 0 Å². The third kappa shape index (κ3) is 2.62. The number of imide groups is 1. The van der Waals surface area contributed by atoms with Gasteiger partial charge in [0.25, 0.3) is 0 Å². The number of thioether (sulfide) groups is 1. The number of carboxylic acids is 1. The molecule has 1 N–H and O–H groups in total. The van der Waals surface area contributed by atoms with Gasteiger partial charge < -0.3 is 5.11 Å². The quantitative estimate of drug-likeness (QED) is 0.735. The van der Waals surface area contributed by atoms with Gasteiger partial charge in [0, 0.05) is 18.2 Å². The average molecular weight is 257 g/mol. The molecule has 2 amide bonds. The Hall–Kier alpha value is -1.04. The van der Waals surface area contributed by atoms with Gasteiger partial charge in [0.1, 0.15) is 0 Å². The first-order valence-electron chi connectivity index (χ1n) is 5.71. The molecule has 1 aliphatic carbocycles. The van der Waals surface area contributed by atoms with Gasteiger partial charge in [0.05, 0.1) is 11.2 Å². The highest BCUT2D eigenvalue weighted by Crippen LogP contribution is 2.35. The largest absolute Gasteiger partial charge is 0.481 e. The fraction of sp³-hybridized carbons (Fsp3) is 0.727. The molecule has 0 aromatic heterocycles. The zero-order valence-electron chi connectivity index (χ0n) is 9.59. The lowest BCUT2D eigenvalue weighted by Gasteiger charge is -2.13. The maximum atomic E-state index is 11.9. The van der Waals surface area contributed by atoms with Crippen LogP contribution < -0.4 is 0 Å². The summed E-state index contributed by atoms with van der Waals surface area (Å²) < 4.78 is 0. The van der Waals surface area contributed by atoms with Crippen molar-refractivity contribution >= 4 is 29.5 Å². The van der Waals surface area contributed by atoms with Gasteiger partial charge in [-0.15, -0.1) is 11.8 Å². The van der Waals surface area contributed by atoms with Crippen LogP contribution in [0.15, 0.2) is 0 Å². The number of amides is 2. The summed E-state index contributed by atoms with van der Waals surface area (Å²) in [5.74, 6) is -1.21. The molecule has 5 nitrogen and oxygen atoms in total. The van der Waals surface area contributed by atoms with Gasteiger partial charge in [-0.1, -0.05) is 6.92 Å². The minimum absolute atomic E-state index is 0.0991. The fourth-order valence-corrected chi connectivity index (χ4v) is 2.98. The first-order chi connectivity index (χ1) is 8.00. The summed E-state index contributed by atoms with van der Waals surface area (Å²) in [5.41, 5.74) is 0. The van der Waals surface area contributed by atoms with Crippen LogP contribution in [0, 0.1) is 5.92 Å². The molecule has 17 heavy (non-hydrogen) atoms. The van der Waals surface area contributed by atoms with Crippen molar-refractivity contribution in [2.24, 2.45) is 5.92 Å². The zero-order valence-corrected chi connectivity index (χ0v) is 10.4. The van der Waals surface area contributed by atoms with Gasteiger partial charge in [-0.3, -0.25) is 19.3 Å². The molecule has 0 bridgehead atoms. The Morgan fingerprint density at radius 3 is 2.71 bits per heavy atom. The molecule has 1 saturated carbocycles. The predicted octanol–water partition coefficient (Wildman–Crippen LogP) is 0.730. The van der Waals surface area contributed by atoms with Crippen LogP contribution in [0.4, 0.5) is 0 Å². The summed E-state index contributed by atoms with van der Waals surface area (Å²) in [4.78, 5) is 35.6. The van der Waals surface area contributed by atoms with E-state index in [1.54, 1.807) is 6.92 Å². The average Bonchev–Trinajstić information content (AvgIpc) is 3.03. The third-order valence-electron chi connectivity index (χ3n) is 3.02. The molecule has 2 rings (SSSR count). The monoisotopic (exact) mass is 257 g/mol. The normalized spacial score (nSPS) is 26.4. The summed E-state index contributed by atoms with van der Waals surface area (Å²) in [5, 5.41) is 8.38. The van der Waals surface area contributed by atoms with Crippen molar-refractivity contribution in [1.82, 2.24) is 4.90 Å². The molecular formula is C11H15NO4S. The van der Waals surface area contributed by atoms with Crippen LogP contribution in [-0.2, 0) is 14.4 Å². The van der Waals surface area contributed by atoms with Gasteiger partial charge in [-0.25, -0.2) is 0 Å². The number of hydrogen-bond donors (Lipinski definition) is 1. The number of carboxylic acid groups (broad SMARTS) is 1. The Labute approximate surface area is 104 Å². The lowest BCUT2D eigenvalue weighted by Crippen LogP contribution is -2.33. The zero-order chi connectivity index (χ0) is 12.6. The van der Waals surface area contributed by atoms with Gasteiger partial charge in [-0.05, 0) is 12.8 Å². The molecule has 94 valence electrons. The van der Waals surface area contributed by atoms with E-state index in [0.717, 1.165) is 12.8 Å². The maximum Gasteiger partial charge on any atom is 0.307 e. The Balaban J connectivity index is 1.88. The molecule has 2 aliphatic rings. The Morgan fingerprint density at radius 1 is 1.53 bits per heavy atom. The van der Waals surface area contributed by atoms with E-state index in [0.29, 0.717) is 5.75 Å².